The zero-order chi connectivity index (χ0) is 15.9. The minimum absolute atomic E-state index is 0.0450. The normalized spacial score (nSPS) is 10.3. The van der Waals surface area contributed by atoms with Crippen molar-refractivity contribution in [1.29, 1.82) is 0 Å². The monoisotopic (exact) mass is 336 g/mol. The van der Waals surface area contributed by atoms with Crippen molar-refractivity contribution in [2.75, 3.05) is 13.1 Å². The fourth-order valence-corrected chi connectivity index (χ4v) is 2.70. The number of hydrogen-bond donors (Lipinski definition) is 1. The molecule has 0 atom stereocenters. The summed E-state index contributed by atoms with van der Waals surface area (Å²) in [5, 5.41) is 5.36. The predicted octanol–water partition coefficient (Wildman–Crippen LogP) is 3.18. The Balaban J connectivity index is 1.91. The number of nitrogens with one attached hydrogen (secondary N) is 1. The van der Waals surface area contributed by atoms with Crippen LogP contribution in [0, 0.1) is 0 Å². The number of rotatable bonds is 6. The van der Waals surface area contributed by atoms with E-state index in [1.54, 1.807) is 35.6 Å². The zero-order valence-electron chi connectivity index (χ0n) is 12.2. The van der Waals surface area contributed by atoms with Gasteiger partial charge < -0.3 is 10.2 Å². The standard InChI is InChI=1S/C16H17ClN2O2S/c1-2-19(16(21)12-5-7-13(17)8-6-12)11-15(20)18-10-14-4-3-9-22-14/h3-9H,2,10-11H2,1H3,(H,18,20). The second-order valence-corrected chi connectivity index (χ2v) is 6.15. The van der Waals surface area contributed by atoms with Gasteiger partial charge in [-0.1, -0.05) is 17.7 Å². The van der Waals surface area contributed by atoms with Gasteiger partial charge in [-0.2, -0.15) is 0 Å². The average Bonchev–Trinajstić information content (AvgIpc) is 3.04. The van der Waals surface area contributed by atoms with Crippen molar-refractivity contribution in [2.45, 2.75) is 13.5 Å². The highest BCUT2D eigenvalue weighted by molar-refractivity contribution is 7.09. The van der Waals surface area contributed by atoms with Gasteiger partial charge in [0.05, 0.1) is 13.1 Å². The van der Waals surface area contributed by atoms with Crippen molar-refractivity contribution in [3.8, 4) is 0 Å². The molecule has 2 aromatic rings. The second-order valence-electron chi connectivity index (χ2n) is 4.68. The Morgan fingerprint density at radius 3 is 2.55 bits per heavy atom. The van der Waals surface area contributed by atoms with Crippen molar-refractivity contribution in [2.24, 2.45) is 0 Å². The maximum Gasteiger partial charge on any atom is 0.254 e. The Labute approximate surface area is 138 Å². The third kappa shape index (κ3) is 4.58. The fourth-order valence-electron chi connectivity index (χ4n) is 1.93. The summed E-state index contributed by atoms with van der Waals surface area (Å²) in [5.41, 5.74) is 0.525. The van der Waals surface area contributed by atoms with Gasteiger partial charge in [0.2, 0.25) is 5.91 Å². The quantitative estimate of drug-likeness (QED) is 0.880. The molecule has 1 aromatic carbocycles. The molecule has 0 saturated carbocycles. The largest absolute Gasteiger partial charge is 0.350 e. The molecule has 2 amide bonds. The van der Waals surface area contributed by atoms with Crippen LogP contribution in [0.15, 0.2) is 41.8 Å². The number of likely N-dealkylation sites (N-methyl/N-ethyl adjacent to an activating group) is 1. The van der Waals surface area contributed by atoms with Crippen LogP contribution < -0.4 is 5.32 Å². The molecule has 4 nitrogen and oxygen atoms in total. The molecular formula is C16H17ClN2O2S. The van der Waals surface area contributed by atoms with Crippen LogP contribution >= 0.6 is 22.9 Å². The van der Waals surface area contributed by atoms with E-state index in [2.05, 4.69) is 5.32 Å². The van der Waals surface area contributed by atoms with E-state index in [1.807, 2.05) is 24.4 Å². The van der Waals surface area contributed by atoms with E-state index in [0.29, 0.717) is 23.7 Å². The first-order chi connectivity index (χ1) is 10.6. The van der Waals surface area contributed by atoms with Crippen molar-refractivity contribution in [1.82, 2.24) is 10.2 Å². The van der Waals surface area contributed by atoms with Crippen LogP contribution in [-0.2, 0) is 11.3 Å². The summed E-state index contributed by atoms with van der Waals surface area (Å²) in [7, 11) is 0. The first kappa shape index (κ1) is 16.5. The molecule has 0 bridgehead atoms. The number of carbonyl (C=O) groups excluding carboxylic acids is 2. The number of halogens is 1. The maximum absolute atomic E-state index is 12.4. The van der Waals surface area contributed by atoms with Crippen LogP contribution in [0.5, 0.6) is 0 Å². The molecule has 0 aliphatic carbocycles. The number of benzene rings is 1. The van der Waals surface area contributed by atoms with Crippen LogP contribution in [0.3, 0.4) is 0 Å². The molecule has 0 fully saturated rings. The summed E-state index contributed by atoms with van der Waals surface area (Å²) in [6.45, 7) is 2.85. The lowest BCUT2D eigenvalue weighted by atomic mass is 10.2. The molecule has 0 aliphatic heterocycles. The first-order valence-corrected chi connectivity index (χ1v) is 8.20. The molecular weight excluding hydrogens is 320 g/mol. The van der Waals surface area contributed by atoms with E-state index in [0.717, 1.165) is 4.88 Å². The Morgan fingerprint density at radius 1 is 1.23 bits per heavy atom. The summed E-state index contributed by atoms with van der Waals surface area (Å²) in [5.74, 6) is -0.344. The average molecular weight is 337 g/mol. The Kier molecular flexibility index (Phi) is 5.98. The molecule has 2 rings (SSSR count). The molecule has 116 valence electrons. The van der Waals surface area contributed by atoms with E-state index in [-0.39, 0.29) is 18.4 Å². The summed E-state index contributed by atoms with van der Waals surface area (Å²) in [6, 6.07) is 10.6. The van der Waals surface area contributed by atoms with Crippen LogP contribution in [0.2, 0.25) is 5.02 Å². The van der Waals surface area contributed by atoms with Crippen molar-refractivity contribution in [3.63, 3.8) is 0 Å². The lowest BCUT2D eigenvalue weighted by Gasteiger charge is -2.20. The minimum atomic E-state index is -0.176. The zero-order valence-corrected chi connectivity index (χ0v) is 13.8. The lowest BCUT2D eigenvalue weighted by Crippen LogP contribution is -2.40. The number of carbonyl (C=O) groups is 2. The maximum atomic E-state index is 12.4. The van der Waals surface area contributed by atoms with E-state index >= 15 is 0 Å². The van der Waals surface area contributed by atoms with Gasteiger partial charge in [0.25, 0.3) is 5.91 Å². The number of nitrogens with zero attached hydrogens (tertiary/aromatic N) is 1. The van der Waals surface area contributed by atoms with Crippen LogP contribution in [-0.4, -0.2) is 29.8 Å². The third-order valence-corrected chi connectivity index (χ3v) is 4.26. The molecule has 1 aromatic heterocycles. The first-order valence-electron chi connectivity index (χ1n) is 6.94. The molecule has 0 aliphatic rings. The molecule has 0 spiro atoms. The van der Waals surface area contributed by atoms with Crippen molar-refractivity contribution < 1.29 is 9.59 Å². The molecule has 22 heavy (non-hydrogen) atoms. The Hall–Kier alpha value is -1.85. The van der Waals surface area contributed by atoms with Gasteiger partial charge in [-0.25, -0.2) is 0 Å². The molecule has 0 radical (unpaired) electrons. The van der Waals surface area contributed by atoms with Gasteiger partial charge in [0.1, 0.15) is 0 Å². The second kappa shape index (κ2) is 7.96. The van der Waals surface area contributed by atoms with Gasteiger partial charge in [0, 0.05) is 22.0 Å². The molecule has 6 heteroatoms. The highest BCUT2D eigenvalue weighted by atomic mass is 35.5. The summed E-state index contributed by atoms with van der Waals surface area (Å²) in [6.07, 6.45) is 0. The topological polar surface area (TPSA) is 49.4 Å². The predicted molar refractivity (Wildman–Crippen MR) is 89.2 cm³/mol. The molecule has 0 saturated heterocycles. The van der Waals surface area contributed by atoms with E-state index < -0.39 is 0 Å². The fraction of sp³-hybridized carbons (Fsp3) is 0.250. The van der Waals surface area contributed by atoms with Gasteiger partial charge in [-0.05, 0) is 42.6 Å². The van der Waals surface area contributed by atoms with Gasteiger partial charge in [0.15, 0.2) is 0 Å². The summed E-state index contributed by atoms with van der Waals surface area (Å²) in [4.78, 5) is 26.9. The lowest BCUT2D eigenvalue weighted by molar-refractivity contribution is -0.121. The minimum Gasteiger partial charge on any atom is -0.350 e. The van der Waals surface area contributed by atoms with E-state index in [4.69, 9.17) is 11.6 Å². The smallest absolute Gasteiger partial charge is 0.254 e. The number of thiophene rings is 1. The highest BCUT2D eigenvalue weighted by Gasteiger charge is 2.17. The van der Waals surface area contributed by atoms with Crippen LogP contribution in [0.1, 0.15) is 22.2 Å². The SMILES string of the molecule is CCN(CC(=O)NCc1cccs1)C(=O)c1ccc(Cl)cc1. The van der Waals surface area contributed by atoms with Gasteiger partial charge in [-0.3, -0.25) is 9.59 Å². The summed E-state index contributed by atoms with van der Waals surface area (Å²) < 4.78 is 0. The molecule has 1 N–H and O–H groups in total. The van der Waals surface area contributed by atoms with E-state index in [9.17, 15) is 9.59 Å². The summed E-state index contributed by atoms with van der Waals surface area (Å²) >= 11 is 7.40. The highest BCUT2D eigenvalue weighted by Crippen LogP contribution is 2.12. The van der Waals surface area contributed by atoms with Crippen LogP contribution in [0.25, 0.3) is 0 Å². The van der Waals surface area contributed by atoms with Gasteiger partial charge >= 0.3 is 0 Å². The number of hydrogen-bond acceptors (Lipinski definition) is 3. The van der Waals surface area contributed by atoms with Crippen molar-refractivity contribution >= 4 is 34.8 Å². The van der Waals surface area contributed by atoms with Gasteiger partial charge in [-0.15, -0.1) is 11.3 Å². The van der Waals surface area contributed by atoms with E-state index in [1.165, 1.54) is 4.90 Å². The molecule has 1 heterocycles. The van der Waals surface area contributed by atoms with Crippen LogP contribution in [0.4, 0.5) is 0 Å². The molecule has 0 unspecified atom stereocenters. The Bertz CT molecular complexity index is 626. The van der Waals surface area contributed by atoms with Crippen molar-refractivity contribution in [3.05, 3.63) is 57.2 Å². The number of amides is 2. The third-order valence-electron chi connectivity index (χ3n) is 3.13. The Morgan fingerprint density at radius 2 is 1.95 bits per heavy atom.